The predicted molar refractivity (Wildman–Crippen MR) is 245 cm³/mol. The minimum atomic E-state index is -0.138. The van der Waals surface area contributed by atoms with Crippen LogP contribution in [0.15, 0.2) is 121 Å². The van der Waals surface area contributed by atoms with Crippen molar-refractivity contribution in [3.8, 4) is 33.4 Å². The van der Waals surface area contributed by atoms with Gasteiger partial charge in [0.25, 0.3) is 0 Å². The summed E-state index contributed by atoms with van der Waals surface area (Å²) in [5.41, 5.74) is 21.9. The van der Waals surface area contributed by atoms with Crippen LogP contribution in [0, 0.1) is 6.92 Å². The second-order valence-electron chi connectivity index (χ2n) is 20.8. The van der Waals surface area contributed by atoms with E-state index < -0.39 is 0 Å². The highest BCUT2D eigenvalue weighted by molar-refractivity contribution is 5.95. The van der Waals surface area contributed by atoms with Crippen molar-refractivity contribution in [1.29, 1.82) is 0 Å². The van der Waals surface area contributed by atoms with E-state index in [2.05, 4.69) is 202 Å². The van der Waals surface area contributed by atoms with Gasteiger partial charge in [-0.25, -0.2) is 0 Å². The Morgan fingerprint density at radius 2 is 0.877 bits per heavy atom. The normalized spacial score (nSPS) is 18.9. The predicted octanol–water partition coefficient (Wildman–Crippen LogP) is 15.8. The molecule has 1 heteroatoms. The van der Waals surface area contributed by atoms with Crippen molar-refractivity contribution in [1.82, 2.24) is 0 Å². The van der Waals surface area contributed by atoms with Crippen molar-refractivity contribution in [2.45, 2.75) is 129 Å². The molecule has 0 saturated heterocycles. The van der Waals surface area contributed by atoms with E-state index in [9.17, 15) is 0 Å². The first-order valence-corrected chi connectivity index (χ1v) is 21.4. The van der Waals surface area contributed by atoms with Crippen molar-refractivity contribution >= 4 is 17.1 Å². The molecule has 57 heavy (non-hydrogen) atoms. The topological polar surface area (TPSA) is 3.24 Å². The van der Waals surface area contributed by atoms with Crippen LogP contribution < -0.4 is 4.90 Å². The molecule has 0 aliphatic heterocycles. The van der Waals surface area contributed by atoms with Crippen molar-refractivity contribution < 1.29 is 0 Å². The van der Waals surface area contributed by atoms with E-state index in [0.717, 1.165) is 0 Å². The maximum atomic E-state index is 2.62. The molecule has 0 radical (unpaired) electrons. The monoisotopic (exact) mass is 747 g/mol. The summed E-state index contributed by atoms with van der Waals surface area (Å²) in [6, 6.07) is 46.9. The van der Waals surface area contributed by atoms with Crippen molar-refractivity contribution in [3.05, 3.63) is 160 Å². The molecule has 0 spiro atoms. The third kappa shape index (κ3) is 6.02. The third-order valence-electron chi connectivity index (χ3n) is 14.7. The van der Waals surface area contributed by atoms with Crippen LogP contribution in [0.3, 0.4) is 0 Å². The summed E-state index contributed by atoms with van der Waals surface area (Å²) in [5.74, 6) is 0. The van der Waals surface area contributed by atoms with Crippen LogP contribution in [-0.4, -0.2) is 0 Å². The summed E-state index contributed by atoms with van der Waals surface area (Å²) >= 11 is 0. The smallest absolute Gasteiger partial charge is 0.0543 e. The molecule has 0 unspecified atom stereocenters. The lowest BCUT2D eigenvalue weighted by atomic mass is 9.62. The molecule has 0 saturated carbocycles. The van der Waals surface area contributed by atoms with Gasteiger partial charge in [-0.2, -0.15) is 0 Å². The van der Waals surface area contributed by atoms with Gasteiger partial charge in [0, 0.05) is 22.4 Å². The maximum Gasteiger partial charge on any atom is 0.0543 e. The Hall–Kier alpha value is -4.88. The molecule has 290 valence electrons. The first-order chi connectivity index (χ1) is 26.9. The Balaban J connectivity index is 1.36. The molecule has 0 N–H and O–H groups in total. The number of benzene rings is 6. The number of rotatable bonds is 5. The summed E-state index contributed by atoms with van der Waals surface area (Å²) in [4.78, 5) is 2.62. The number of anilines is 3. The number of fused-ring (bicyclic) bond motifs is 5. The zero-order valence-electron chi connectivity index (χ0n) is 36.3. The summed E-state index contributed by atoms with van der Waals surface area (Å²) in [7, 11) is 0. The van der Waals surface area contributed by atoms with E-state index in [-0.39, 0.29) is 27.1 Å². The molecule has 0 amide bonds. The van der Waals surface area contributed by atoms with Crippen LogP contribution in [0.4, 0.5) is 17.1 Å². The van der Waals surface area contributed by atoms with Gasteiger partial charge in [0.1, 0.15) is 0 Å². The highest BCUT2D eigenvalue weighted by Gasteiger charge is 2.41. The van der Waals surface area contributed by atoms with Crippen LogP contribution in [0.2, 0.25) is 0 Å². The second kappa shape index (κ2) is 12.8. The van der Waals surface area contributed by atoms with Gasteiger partial charge in [0.2, 0.25) is 0 Å². The third-order valence-corrected chi connectivity index (χ3v) is 14.7. The van der Waals surface area contributed by atoms with Crippen LogP contribution in [0.1, 0.15) is 134 Å². The molecule has 1 nitrogen and oxygen atoms in total. The van der Waals surface area contributed by atoms with Crippen LogP contribution in [0.5, 0.6) is 0 Å². The van der Waals surface area contributed by atoms with Gasteiger partial charge in [-0.15, -0.1) is 0 Å². The molecular weight excluding hydrogens is 687 g/mol. The van der Waals surface area contributed by atoms with E-state index in [0.29, 0.717) is 0 Å². The fourth-order valence-corrected chi connectivity index (χ4v) is 10.7. The van der Waals surface area contributed by atoms with Crippen LogP contribution in [-0.2, 0) is 27.1 Å². The zero-order valence-corrected chi connectivity index (χ0v) is 36.3. The molecule has 9 rings (SSSR count). The van der Waals surface area contributed by atoms with Gasteiger partial charge in [0.05, 0.1) is 5.69 Å². The van der Waals surface area contributed by atoms with Gasteiger partial charge in [-0.05, 0) is 151 Å². The summed E-state index contributed by atoms with van der Waals surface area (Å²) < 4.78 is 0. The number of nitrogens with zero attached hydrogens (tertiary/aromatic N) is 1. The van der Waals surface area contributed by atoms with E-state index in [4.69, 9.17) is 0 Å². The average Bonchev–Trinajstić information content (AvgIpc) is 3.41. The fourth-order valence-electron chi connectivity index (χ4n) is 10.7. The minimum absolute atomic E-state index is 0.0808. The summed E-state index contributed by atoms with van der Waals surface area (Å²) in [6.07, 6.45) is 4.78. The quantitative estimate of drug-likeness (QED) is 0.170. The molecule has 0 atom stereocenters. The lowest BCUT2D eigenvalue weighted by Gasteiger charge is -2.43. The largest absolute Gasteiger partial charge is 0.310 e. The molecular formula is C56H61N. The molecule has 0 fully saturated rings. The number of hydrogen-bond donors (Lipinski definition) is 0. The standard InChI is InChI=1S/C56H61N/c1-36-31-47-49(55(8,9)30-29-53(47,4)5)35-50(36)57(40-24-21-38(22-25-40)37-17-13-12-14-18-37)51-34-46-43(41-19-15-16-20-44(41)56(46,10)11)33-42(51)39-23-26-45-48(32-39)54(6,7)28-27-52(45,2)3/h12-26,31-35H,27-30H2,1-11H3. The Bertz CT molecular complexity index is 2540. The zero-order chi connectivity index (χ0) is 40.3. The summed E-state index contributed by atoms with van der Waals surface area (Å²) in [6.45, 7) is 26.7. The fraction of sp³-hybridized carbons (Fsp3) is 0.357. The average molecular weight is 748 g/mol. The van der Waals surface area contributed by atoms with Crippen LogP contribution in [0.25, 0.3) is 33.4 Å². The highest BCUT2D eigenvalue weighted by atomic mass is 15.1. The maximum absolute atomic E-state index is 2.62. The Morgan fingerprint density at radius 1 is 0.368 bits per heavy atom. The van der Waals surface area contributed by atoms with Gasteiger partial charge in [-0.1, -0.05) is 160 Å². The van der Waals surface area contributed by atoms with Crippen molar-refractivity contribution in [2.75, 3.05) is 4.90 Å². The molecule has 0 bridgehead atoms. The van der Waals surface area contributed by atoms with E-state index in [1.54, 1.807) is 0 Å². The highest BCUT2D eigenvalue weighted by Crippen LogP contribution is 2.56. The van der Waals surface area contributed by atoms with Gasteiger partial charge in [0.15, 0.2) is 0 Å². The van der Waals surface area contributed by atoms with E-state index in [1.165, 1.54) is 115 Å². The van der Waals surface area contributed by atoms with Crippen molar-refractivity contribution in [2.24, 2.45) is 0 Å². The molecule has 3 aliphatic carbocycles. The SMILES string of the molecule is Cc1cc2c(cc1N(c1ccc(-c3ccccc3)cc1)c1cc3c(cc1-c1ccc4c(c1)C(C)(C)CCC4(C)C)-c1ccccc1C3(C)C)C(C)(C)CCC2(C)C. The number of aryl methyl sites for hydroxylation is 1. The van der Waals surface area contributed by atoms with Gasteiger partial charge >= 0.3 is 0 Å². The lowest BCUT2D eigenvalue weighted by Crippen LogP contribution is -2.34. The molecule has 3 aliphatic rings. The van der Waals surface area contributed by atoms with Gasteiger partial charge in [-0.3, -0.25) is 0 Å². The van der Waals surface area contributed by atoms with E-state index >= 15 is 0 Å². The molecule has 6 aromatic carbocycles. The van der Waals surface area contributed by atoms with Crippen molar-refractivity contribution in [3.63, 3.8) is 0 Å². The minimum Gasteiger partial charge on any atom is -0.310 e. The van der Waals surface area contributed by atoms with Gasteiger partial charge < -0.3 is 4.90 Å². The molecule has 6 aromatic rings. The number of hydrogen-bond acceptors (Lipinski definition) is 1. The first kappa shape index (κ1) is 37.7. The Labute approximate surface area is 343 Å². The van der Waals surface area contributed by atoms with E-state index in [1.807, 2.05) is 0 Å². The lowest BCUT2D eigenvalue weighted by molar-refractivity contribution is 0.332. The van der Waals surface area contributed by atoms with Crippen LogP contribution >= 0.6 is 0 Å². The molecule has 0 aromatic heterocycles. The molecule has 0 heterocycles. The Morgan fingerprint density at radius 3 is 1.53 bits per heavy atom. The second-order valence-corrected chi connectivity index (χ2v) is 20.8. The summed E-state index contributed by atoms with van der Waals surface area (Å²) in [5, 5.41) is 0. The first-order valence-electron chi connectivity index (χ1n) is 21.4. The Kier molecular flexibility index (Phi) is 8.47.